The van der Waals surface area contributed by atoms with Crippen LogP contribution in [0.5, 0.6) is 0 Å². The summed E-state index contributed by atoms with van der Waals surface area (Å²) in [5.41, 5.74) is 2.94. The first-order valence-electron chi connectivity index (χ1n) is 7.33. The fraction of sp³-hybridized carbons (Fsp3) is 0.625. The second-order valence-corrected chi connectivity index (χ2v) is 7.49. The van der Waals surface area contributed by atoms with Crippen LogP contribution in [-0.2, 0) is 12.2 Å². The highest BCUT2D eigenvalue weighted by Gasteiger charge is 2.19. The maximum absolute atomic E-state index is 4.19. The summed E-state index contributed by atoms with van der Waals surface area (Å²) in [5.74, 6) is 2.50. The average Bonchev–Trinajstić information content (AvgIpc) is 2.86. The van der Waals surface area contributed by atoms with Gasteiger partial charge in [0, 0.05) is 21.5 Å². The van der Waals surface area contributed by atoms with Crippen molar-refractivity contribution in [3.05, 3.63) is 33.5 Å². The van der Waals surface area contributed by atoms with Gasteiger partial charge >= 0.3 is 0 Å². The van der Waals surface area contributed by atoms with Crippen molar-refractivity contribution in [1.29, 1.82) is 0 Å². The molecule has 2 rings (SSSR count). The molecular formula is C16H25NS2. The monoisotopic (exact) mass is 295 g/mol. The Morgan fingerprint density at radius 3 is 3.00 bits per heavy atom. The van der Waals surface area contributed by atoms with Gasteiger partial charge in [-0.15, -0.1) is 11.3 Å². The molecule has 19 heavy (non-hydrogen) atoms. The number of nitrogens with one attached hydrogen (secondary N) is 1. The van der Waals surface area contributed by atoms with Crippen LogP contribution in [-0.4, -0.2) is 12.3 Å². The molecule has 0 aromatic carbocycles. The van der Waals surface area contributed by atoms with E-state index in [1.54, 1.807) is 10.4 Å². The second-order valence-electron chi connectivity index (χ2n) is 5.21. The molecule has 1 unspecified atom stereocenters. The molecule has 0 fully saturated rings. The lowest BCUT2D eigenvalue weighted by molar-refractivity contribution is 0.530. The van der Waals surface area contributed by atoms with Gasteiger partial charge in [-0.2, -0.15) is 11.8 Å². The van der Waals surface area contributed by atoms with Crippen LogP contribution in [0.25, 0.3) is 0 Å². The number of thioether (sulfide) groups is 1. The highest BCUT2D eigenvalue weighted by atomic mass is 32.2. The lowest BCUT2D eigenvalue weighted by Crippen LogP contribution is -2.21. The van der Waals surface area contributed by atoms with Crippen molar-refractivity contribution in [2.75, 3.05) is 12.3 Å². The third kappa shape index (κ3) is 4.11. The van der Waals surface area contributed by atoms with Crippen LogP contribution >= 0.6 is 23.1 Å². The molecule has 1 aromatic heterocycles. The van der Waals surface area contributed by atoms with Gasteiger partial charge < -0.3 is 5.32 Å². The molecule has 1 aliphatic rings. The van der Waals surface area contributed by atoms with Crippen LogP contribution in [0.4, 0.5) is 0 Å². The number of rotatable bonds is 7. The second kappa shape index (κ2) is 7.51. The van der Waals surface area contributed by atoms with E-state index >= 15 is 0 Å². The summed E-state index contributed by atoms with van der Waals surface area (Å²) in [5, 5.41) is 3.70. The minimum atomic E-state index is 0.480. The van der Waals surface area contributed by atoms with Crippen molar-refractivity contribution in [1.82, 2.24) is 5.32 Å². The Kier molecular flexibility index (Phi) is 5.99. The molecule has 0 aliphatic carbocycles. The normalized spacial score (nSPS) is 16.1. The quantitative estimate of drug-likeness (QED) is 0.715. The first-order valence-corrected chi connectivity index (χ1v) is 9.31. The minimum Gasteiger partial charge on any atom is -0.309 e. The van der Waals surface area contributed by atoms with Crippen LogP contribution in [0.3, 0.4) is 0 Å². The maximum atomic E-state index is 4.19. The summed E-state index contributed by atoms with van der Waals surface area (Å²) in [6.45, 7) is 9.72. The predicted octanol–water partition coefficient (Wildman–Crippen LogP) is 4.93. The zero-order valence-electron chi connectivity index (χ0n) is 12.1. The number of hydrogen-bond donors (Lipinski definition) is 1. The minimum absolute atomic E-state index is 0.480. The predicted molar refractivity (Wildman–Crippen MR) is 89.3 cm³/mol. The van der Waals surface area contributed by atoms with Crippen LogP contribution < -0.4 is 5.32 Å². The lowest BCUT2D eigenvalue weighted by Gasteiger charge is -2.18. The SMILES string of the molecule is C=C(CC)CC(NCCC)c1cc2c(s1)CCSC2. The summed E-state index contributed by atoms with van der Waals surface area (Å²) < 4.78 is 0. The van der Waals surface area contributed by atoms with Crippen molar-refractivity contribution < 1.29 is 0 Å². The molecule has 106 valence electrons. The molecule has 0 spiro atoms. The number of thiophene rings is 1. The van der Waals surface area contributed by atoms with Gasteiger partial charge in [0.1, 0.15) is 0 Å². The van der Waals surface area contributed by atoms with E-state index in [9.17, 15) is 0 Å². The fourth-order valence-corrected chi connectivity index (χ4v) is 4.82. The Labute approximate surface area is 125 Å². The zero-order valence-corrected chi connectivity index (χ0v) is 13.8. The molecule has 3 heteroatoms. The van der Waals surface area contributed by atoms with Crippen LogP contribution in [0, 0.1) is 0 Å². The average molecular weight is 296 g/mol. The Bertz CT molecular complexity index is 399. The van der Waals surface area contributed by atoms with Gasteiger partial charge in [-0.05, 0) is 49.6 Å². The zero-order chi connectivity index (χ0) is 13.7. The van der Waals surface area contributed by atoms with Gasteiger partial charge in [-0.3, -0.25) is 0 Å². The standard InChI is InChI=1S/C16H25NS2/c1-4-7-17-14(9-12(3)5-2)16-10-13-11-18-8-6-15(13)19-16/h10,14,17H,3-9,11H2,1-2H3. The third-order valence-electron chi connectivity index (χ3n) is 3.62. The van der Waals surface area contributed by atoms with E-state index in [-0.39, 0.29) is 0 Å². The van der Waals surface area contributed by atoms with Crippen LogP contribution in [0.2, 0.25) is 0 Å². The highest BCUT2D eigenvalue weighted by Crippen LogP contribution is 2.36. The highest BCUT2D eigenvalue weighted by molar-refractivity contribution is 7.98. The smallest absolute Gasteiger partial charge is 0.0452 e. The lowest BCUT2D eigenvalue weighted by atomic mass is 10.0. The van der Waals surface area contributed by atoms with Gasteiger partial charge in [0.15, 0.2) is 0 Å². The molecule has 0 saturated heterocycles. The van der Waals surface area contributed by atoms with E-state index in [4.69, 9.17) is 0 Å². The molecule has 0 bridgehead atoms. The Morgan fingerprint density at radius 2 is 2.32 bits per heavy atom. The topological polar surface area (TPSA) is 12.0 Å². The summed E-state index contributed by atoms with van der Waals surface area (Å²) in [6, 6.07) is 2.93. The van der Waals surface area contributed by atoms with E-state index in [2.05, 4.69) is 43.6 Å². The molecule has 1 aliphatic heterocycles. The summed E-state index contributed by atoms with van der Waals surface area (Å²) in [4.78, 5) is 3.15. The van der Waals surface area contributed by atoms with Gasteiger partial charge in [0.2, 0.25) is 0 Å². The summed E-state index contributed by atoms with van der Waals surface area (Å²) >= 11 is 4.10. The molecule has 0 saturated carbocycles. The Hall–Kier alpha value is -0.250. The molecule has 1 aromatic rings. The van der Waals surface area contributed by atoms with E-state index in [0.717, 1.165) is 19.4 Å². The fourth-order valence-electron chi connectivity index (χ4n) is 2.37. The molecular weight excluding hydrogens is 270 g/mol. The van der Waals surface area contributed by atoms with E-state index in [1.165, 1.54) is 34.8 Å². The van der Waals surface area contributed by atoms with Crippen molar-refractivity contribution in [2.45, 2.75) is 51.3 Å². The first kappa shape index (κ1) is 15.1. The summed E-state index contributed by atoms with van der Waals surface area (Å²) in [6.07, 6.45) is 4.63. The first-order chi connectivity index (χ1) is 9.24. The maximum Gasteiger partial charge on any atom is 0.0452 e. The molecule has 0 radical (unpaired) electrons. The van der Waals surface area contributed by atoms with Crippen molar-refractivity contribution in [3.8, 4) is 0 Å². The van der Waals surface area contributed by atoms with E-state index < -0.39 is 0 Å². The summed E-state index contributed by atoms with van der Waals surface area (Å²) in [7, 11) is 0. The Balaban J connectivity index is 2.11. The van der Waals surface area contributed by atoms with Gasteiger partial charge in [0.05, 0.1) is 0 Å². The molecule has 1 atom stereocenters. The third-order valence-corrected chi connectivity index (χ3v) is 5.98. The number of aryl methyl sites for hydroxylation is 1. The van der Waals surface area contributed by atoms with E-state index in [0.29, 0.717) is 6.04 Å². The van der Waals surface area contributed by atoms with Crippen molar-refractivity contribution in [3.63, 3.8) is 0 Å². The largest absolute Gasteiger partial charge is 0.309 e. The van der Waals surface area contributed by atoms with Gasteiger partial charge in [-0.1, -0.05) is 26.0 Å². The van der Waals surface area contributed by atoms with Crippen molar-refractivity contribution in [2.24, 2.45) is 0 Å². The Morgan fingerprint density at radius 1 is 1.47 bits per heavy atom. The molecule has 1 nitrogen and oxygen atoms in total. The van der Waals surface area contributed by atoms with Gasteiger partial charge in [-0.25, -0.2) is 0 Å². The van der Waals surface area contributed by atoms with Crippen LogP contribution in [0.1, 0.15) is 54.5 Å². The van der Waals surface area contributed by atoms with Gasteiger partial charge in [0.25, 0.3) is 0 Å². The van der Waals surface area contributed by atoms with Crippen molar-refractivity contribution >= 4 is 23.1 Å². The van der Waals surface area contributed by atoms with Crippen LogP contribution in [0.15, 0.2) is 18.2 Å². The molecule has 0 amide bonds. The number of fused-ring (bicyclic) bond motifs is 1. The number of hydrogen-bond acceptors (Lipinski definition) is 3. The molecule has 1 N–H and O–H groups in total. The van der Waals surface area contributed by atoms with E-state index in [1.807, 2.05) is 11.3 Å². The molecule has 2 heterocycles.